The second-order valence-corrected chi connectivity index (χ2v) is 7.14. The van der Waals surface area contributed by atoms with E-state index in [1.165, 1.54) is 23.5 Å². The second kappa shape index (κ2) is 6.01. The highest BCUT2D eigenvalue weighted by Gasteiger charge is 2.16. The maximum atomic E-state index is 12.2. The van der Waals surface area contributed by atoms with Gasteiger partial charge < -0.3 is 5.11 Å². The van der Waals surface area contributed by atoms with E-state index in [1.54, 1.807) is 24.6 Å². The normalized spacial score (nSPS) is 13.3. The average Bonchev–Trinajstić information content (AvgIpc) is 2.82. The van der Waals surface area contributed by atoms with Gasteiger partial charge in [-0.25, -0.2) is 18.1 Å². The third kappa shape index (κ3) is 3.43. The van der Waals surface area contributed by atoms with Crippen LogP contribution >= 0.6 is 11.3 Å². The fourth-order valence-electron chi connectivity index (χ4n) is 1.68. The number of aromatic nitrogens is 1. The van der Waals surface area contributed by atoms with Gasteiger partial charge in [0, 0.05) is 11.4 Å². The number of aliphatic hydroxyl groups excluding tert-OH is 1. The highest BCUT2D eigenvalue weighted by molar-refractivity contribution is 7.89. The van der Waals surface area contributed by atoms with Crippen LogP contribution in [0, 0.1) is 6.92 Å². The summed E-state index contributed by atoms with van der Waals surface area (Å²) in [5.41, 5.74) is 3.09. The van der Waals surface area contributed by atoms with Crippen molar-refractivity contribution in [2.24, 2.45) is 0 Å². The molecule has 0 saturated carbocycles. The molecule has 0 aliphatic carbocycles. The molecule has 1 aromatic carbocycles. The fourth-order valence-corrected chi connectivity index (χ4v) is 3.54. The van der Waals surface area contributed by atoms with E-state index < -0.39 is 16.1 Å². The Morgan fingerprint density at radius 2 is 2.20 bits per heavy atom. The van der Waals surface area contributed by atoms with Gasteiger partial charge in [-0.05, 0) is 31.5 Å². The second-order valence-electron chi connectivity index (χ2n) is 4.43. The van der Waals surface area contributed by atoms with E-state index in [0.717, 1.165) is 10.6 Å². The van der Waals surface area contributed by atoms with Crippen molar-refractivity contribution in [2.75, 3.05) is 0 Å². The lowest BCUT2D eigenvalue weighted by Crippen LogP contribution is -2.23. The molecule has 0 bridgehead atoms. The molecule has 5 nitrogen and oxygen atoms in total. The first-order chi connectivity index (χ1) is 9.40. The van der Waals surface area contributed by atoms with Crippen molar-refractivity contribution in [3.8, 4) is 0 Å². The number of nitrogens with one attached hydrogen (secondary N) is 1. The SMILES string of the molecule is Cc1ncsc1CNS(=O)(=O)c1cccc(C(C)O)c1. The third-order valence-electron chi connectivity index (χ3n) is 2.92. The molecule has 108 valence electrons. The standard InChI is InChI=1S/C13H16N2O3S2/c1-9-13(19-8-14-9)7-15-20(17,18)12-5-3-4-11(6-12)10(2)16/h3-6,8,10,15-16H,7H2,1-2H3. The van der Waals surface area contributed by atoms with Crippen LogP contribution in [0.3, 0.4) is 0 Å². The van der Waals surface area contributed by atoms with Gasteiger partial charge in [0.2, 0.25) is 10.0 Å². The van der Waals surface area contributed by atoms with Crippen LogP contribution in [0.5, 0.6) is 0 Å². The summed E-state index contributed by atoms with van der Waals surface area (Å²) in [7, 11) is -3.59. The molecule has 0 spiro atoms. The van der Waals surface area contributed by atoms with Crippen molar-refractivity contribution in [3.05, 3.63) is 45.9 Å². The van der Waals surface area contributed by atoms with Gasteiger partial charge in [0.1, 0.15) is 0 Å². The number of hydrogen-bond acceptors (Lipinski definition) is 5. The molecule has 1 aromatic heterocycles. The van der Waals surface area contributed by atoms with Crippen LogP contribution in [0.2, 0.25) is 0 Å². The van der Waals surface area contributed by atoms with Crippen LogP contribution in [0.15, 0.2) is 34.7 Å². The van der Waals surface area contributed by atoms with Crippen LogP contribution in [0.25, 0.3) is 0 Å². The van der Waals surface area contributed by atoms with Crippen molar-refractivity contribution in [3.63, 3.8) is 0 Å². The van der Waals surface area contributed by atoms with Gasteiger partial charge in [-0.3, -0.25) is 0 Å². The smallest absolute Gasteiger partial charge is 0.240 e. The Balaban J connectivity index is 2.18. The lowest BCUT2D eigenvalue weighted by Gasteiger charge is -2.09. The van der Waals surface area contributed by atoms with E-state index in [1.807, 2.05) is 6.92 Å². The molecule has 0 aliphatic heterocycles. The van der Waals surface area contributed by atoms with Crippen molar-refractivity contribution in [2.45, 2.75) is 31.4 Å². The lowest BCUT2D eigenvalue weighted by molar-refractivity contribution is 0.199. The topological polar surface area (TPSA) is 79.3 Å². The maximum absolute atomic E-state index is 12.2. The van der Waals surface area contributed by atoms with Crippen molar-refractivity contribution < 1.29 is 13.5 Å². The molecule has 1 unspecified atom stereocenters. The molecule has 1 atom stereocenters. The number of sulfonamides is 1. The average molecular weight is 312 g/mol. The Kier molecular flexibility index (Phi) is 4.54. The monoisotopic (exact) mass is 312 g/mol. The molecular formula is C13H16N2O3S2. The summed E-state index contributed by atoms with van der Waals surface area (Å²) in [6.45, 7) is 3.66. The summed E-state index contributed by atoms with van der Waals surface area (Å²) in [6.07, 6.45) is -0.700. The van der Waals surface area contributed by atoms with Gasteiger partial charge in [-0.2, -0.15) is 0 Å². The zero-order valence-electron chi connectivity index (χ0n) is 11.2. The first-order valence-electron chi connectivity index (χ1n) is 6.07. The van der Waals surface area contributed by atoms with E-state index in [9.17, 15) is 13.5 Å². The molecule has 0 saturated heterocycles. The minimum Gasteiger partial charge on any atom is -0.389 e. The largest absolute Gasteiger partial charge is 0.389 e. The lowest BCUT2D eigenvalue weighted by atomic mass is 10.1. The number of thiazole rings is 1. The molecular weight excluding hydrogens is 296 g/mol. The van der Waals surface area contributed by atoms with E-state index >= 15 is 0 Å². The predicted octanol–water partition coefficient (Wildman–Crippen LogP) is 1.98. The Hall–Kier alpha value is -1.28. The molecule has 0 aliphatic rings. The first kappa shape index (κ1) is 15.1. The number of rotatable bonds is 5. The molecule has 20 heavy (non-hydrogen) atoms. The van der Waals surface area contributed by atoms with E-state index in [-0.39, 0.29) is 11.4 Å². The molecule has 1 heterocycles. The van der Waals surface area contributed by atoms with E-state index in [0.29, 0.717) is 5.56 Å². The number of aliphatic hydroxyl groups is 1. The van der Waals surface area contributed by atoms with Crippen LogP contribution in [-0.2, 0) is 16.6 Å². The Bertz CT molecular complexity index is 693. The summed E-state index contributed by atoms with van der Waals surface area (Å²) in [6, 6.07) is 6.30. The van der Waals surface area contributed by atoms with Crippen LogP contribution in [0.4, 0.5) is 0 Å². The minimum atomic E-state index is -3.59. The van der Waals surface area contributed by atoms with Gasteiger partial charge in [0.05, 0.1) is 22.2 Å². The number of aryl methyl sites for hydroxylation is 1. The number of nitrogens with zero attached hydrogens (tertiary/aromatic N) is 1. The summed E-state index contributed by atoms with van der Waals surface area (Å²) in [5, 5.41) is 9.51. The van der Waals surface area contributed by atoms with Crippen molar-refractivity contribution >= 4 is 21.4 Å². The summed E-state index contributed by atoms with van der Waals surface area (Å²) < 4.78 is 27.0. The zero-order chi connectivity index (χ0) is 14.8. The highest BCUT2D eigenvalue weighted by Crippen LogP contribution is 2.18. The summed E-state index contributed by atoms with van der Waals surface area (Å²) >= 11 is 1.42. The predicted molar refractivity (Wildman–Crippen MR) is 78.0 cm³/mol. The first-order valence-corrected chi connectivity index (χ1v) is 8.43. The molecule has 2 N–H and O–H groups in total. The van der Waals surface area contributed by atoms with E-state index in [2.05, 4.69) is 9.71 Å². The van der Waals surface area contributed by atoms with Gasteiger partial charge >= 0.3 is 0 Å². The van der Waals surface area contributed by atoms with Crippen LogP contribution in [-0.4, -0.2) is 18.5 Å². The minimum absolute atomic E-state index is 0.151. The summed E-state index contributed by atoms with van der Waals surface area (Å²) in [5.74, 6) is 0. The molecule has 2 rings (SSSR count). The van der Waals surface area contributed by atoms with Gasteiger partial charge in [0.15, 0.2) is 0 Å². The van der Waals surface area contributed by atoms with Gasteiger partial charge in [-0.15, -0.1) is 11.3 Å². The fraction of sp³-hybridized carbons (Fsp3) is 0.308. The Labute approximate surface area is 122 Å². The van der Waals surface area contributed by atoms with Crippen molar-refractivity contribution in [1.82, 2.24) is 9.71 Å². The molecule has 0 fully saturated rings. The third-order valence-corrected chi connectivity index (χ3v) is 5.25. The molecule has 7 heteroatoms. The Morgan fingerprint density at radius 1 is 1.45 bits per heavy atom. The molecule has 2 aromatic rings. The van der Waals surface area contributed by atoms with Crippen LogP contribution < -0.4 is 4.72 Å². The van der Waals surface area contributed by atoms with Gasteiger partial charge in [-0.1, -0.05) is 12.1 Å². The molecule has 0 amide bonds. The van der Waals surface area contributed by atoms with Gasteiger partial charge in [0.25, 0.3) is 0 Å². The number of benzene rings is 1. The van der Waals surface area contributed by atoms with E-state index in [4.69, 9.17) is 0 Å². The molecule has 0 radical (unpaired) electrons. The van der Waals surface area contributed by atoms with Crippen molar-refractivity contribution in [1.29, 1.82) is 0 Å². The Morgan fingerprint density at radius 3 is 2.80 bits per heavy atom. The number of hydrogen-bond donors (Lipinski definition) is 2. The maximum Gasteiger partial charge on any atom is 0.240 e. The summed E-state index contributed by atoms with van der Waals surface area (Å²) in [4.78, 5) is 5.12. The zero-order valence-corrected chi connectivity index (χ0v) is 12.8. The highest BCUT2D eigenvalue weighted by atomic mass is 32.2. The quantitative estimate of drug-likeness (QED) is 0.885. The van der Waals surface area contributed by atoms with Crippen LogP contribution in [0.1, 0.15) is 29.2 Å².